The van der Waals surface area contributed by atoms with E-state index in [-0.39, 0.29) is 11.4 Å². The molecule has 1 aromatic carbocycles. The van der Waals surface area contributed by atoms with Gasteiger partial charge in [0.15, 0.2) is 0 Å². The molecule has 0 saturated heterocycles. The van der Waals surface area contributed by atoms with Crippen molar-refractivity contribution in [3.05, 3.63) is 35.7 Å². The lowest BCUT2D eigenvalue weighted by Crippen LogP contribution is -2.50. The predicted molar refractivity (Wildman–Crippen MR) is 88.2 cm³/mol. The summed E-state index contributed by atoms with van der Waals surface area (Å²) in [5.41, 5.74) is -0.305. The summed E-state index contributed by atoms with van der Waals surface area (Å²) in [6.07, 6.45) is -1.63. The van der Waals surface area contributed by atoms with Crippen molar-refractivity contribution in [1.82, 2.24) is 15.5 Å². The Hall–Kier alpha value is -2.89. The number of nitrogens with zero attached hydrogens (tertiary/aromatic N) is 3. The van der Waals surface area contributed by atoms with Gasteiger partial charge in [-0.05, 0) is 37.3 Å². The summed E-state index contributed by atoms with van der Waals surface area (Å²) in [7, 11) is 0. The highest BCUT2D eigenvalue weighted by molar-refractivity contribution is 5.95. The number of hydrogen-bond donors (Lipinski definition) is 1. The Bertz CT molecular complexity index is 870. The smallest absolute Gasteiger partial charge is 0.334 e. The predicted octanol–water partition coefficient (Wildman–Crippen LogP) is 3.96. The largest absolute Gasteiger partial charge is 0.471 e. The van der Waals surface area contributed by atoms with Crippen molar-refractivity contribution in [2.75, 3.05) is 0 Å². The normalized spacial score (nSPS) is 22.9. The second-order valence-electron chi connectivity index (χ2n) is 6.85. The summed E-state index contributed by atoms with van der Waals surface area (Å²) < 4.78 is 41.8. The summed E-state index contributed by atoms with van der Waals surface area (Å²) in [5, 5.41) is 15.6. The van der Waals surface area contributed by atoms with Gasteiger partial charge in [-0.25, -0.2) is 0 Å². The van der Waals surface area contributed by atoms with Crippen LogP contribution in [0, 0.1) is 17.2 Å². The molecular formula is C18H17F3N4O2. The maximum absolute atomic E-state index is 12.5. The van der Waals surface area contributed by atoms with Gasteiger partial charge in [0, 0.05) is 11.1 Å². The molecule has 1 heterocycles. The van der Waals surface area contributed by atoms with Crippen LogP contribution in [0.4, 0.5) is 13.2 Å². The molecular weight excluding hydrogens is 361 g/mol. The van der Waals surface area contributed by atoms with E-state index in [0.29, 0.717) is 24.3 Å². The van der Waals surface area contributed by atoms with E-state index in [9.17, 15) is 23.2 Å². The molecule has 1 saturated carbocycles. The highest BCUT2D eigenvalue weighted by Crippen LogP contribution is 2.32. The van der Waals surface area contributed by atoms with Gasteiger partial charge in [0.05, 0.1) is 6.07 Å². The number of carbonyl (C=O) groups excluding carboxylic acids is 1. The van der Waals surface area contributed by atoms with Crippen molar-refractivity contribution in [3.63, 3.8) is 0 Å². The number of aromatic nitrogens is 2. The van der Waals surface area contributed by atoms with E-state index in [1.165, 1.54) is 24.3 Å². The first kappa shape index (κ1) is 18.9. The lowest BCUT2D eigenvalue weighted by molar-refractivity contribution is -0.159. The van der Waals surface area contributed by atoms with E-state index in [1.54, 1.807) is 0 Å². The molecule has 1 amide bonds. The highest BCUT2D eigenvalue weighted by atomic mass is 19.4. The van der Waals surface area contributed by atoms with E-state index in [2.05, 4.69) is 26.0 Å². The zero-order chi connectivity index (χ0) is 19.7. The van der Waals surface area contributed by atoms with Crippen LogP contribution in [0.25, 0.3) is 11.4 Å². The Morgan fingerprint density at radius 3 is 2.63 bits per heavy atom. The van der Waals surface area contributed by atoms with Gasteiger partial charge in [0.2, 0.25) is 5.82 Å². The molecule has 3 rings (SSSR count). The number of halogens is 3. The number of carbonyl (C=O) groups is 1. The Balaban J connectivity index is 1.74. The van der Waals surface area contributed by atoms with Crippen LogP contribution in [0.1, 0.15) is 48.9 Å². The number of hydrogen-bond acceptors (Lipinski definition) is 5. The SMILES string of the molecule is C[C@H]1CCC[C@@](C#N)(NC(=O)c2ccc(-c3noc(C(F)(F)F)n3)cc2)C1. The van der Waals surface area contributed by atoms with E-state index < -0.39 is 23.5 Å². The van der Waals surface area contributed by atoms with Crippen molar-refractivity contribution in [2.24, 2.45) is 5.92 Å². The van der Waals surface area contributed by atoms with Crippen LogP contribution < -0.4 is 5.32 Å². The van der Waals surface area contributed by atoms with Crippen LogP contribution in [0.3, 0.4) is 0 Å². The monoisotopic (exact) mass is 378 g/mol. The molecule has 0 spiro atoms. The Labute approximate surface area is 153 Å². The lowest BCUT2D eigenvalue weighted by Gasteiger charge is -2.35. The van der Waals surface area contributed by atoms with Crippen LogP contribution in [0.2, 0.25) is 0 Å². The van der Waals surface area contributed by atoms with E-state index >= 15 is 0 Å². The second kappa shape index (κ2) is 7.02. The lowest BCUT2D eigenvalue weighted by atomic mass is 9.77. The molecule has 27 heavy (non-hydrogen) atoms. The molecule has 142 valence electrons. The first-order chi connectivity index (χ1) is 12.7. The van der Waals surface area contributed by atoms with Gasteiger partial charge in [-0.1, -0.05) is 30.6 Å². The number of nitrogens with one attached hydrogen (secondary N) is 1. The number of amides is 1. The third-order valence-electron chi connectivity index (χ3n) is 4.64. The van der Waals surface area contributed by atoms with Crippen LogP contribution in [0.5, 0.6) is 0 Å². The summed E-state index contributed by atoms with van der Waals surface area (Å²) >= 11 is 0. The van der Waals surface area contributed by atoms with E-state index in [1.807, 2.05) is 6.92 Å². The van der Waals surface area contributed by atoms with Gasteiger partial charge in [-0.15, -0.1) is 0 Å². The van der Waals surface area contributed by atoms with Crippen molar-refractivity contribution in [1.29, 1.82) is 5.26 Å². The number of nitriles is 1. The summed E-state index contributed by atoms with van der Waals surface area (Å²) in [6, 6.07) is 8.00. The molecule has 1 aliphatic rings. The van der Waals surface area contributed by atoms with Gasteiger partial charge >= 0.3 is 12.1 Å². The maximum Gasteiger partial charge on any atom is 0.471 e. The molecule has 1 fully saturated rings. The summed E-state index contributed by atoms with van der Waals surface area (Å²) in [5.74, 6) is -1.70. The number of benzene rings is 1. The zero-order valence-electron chi connectivity index (χ0n) is 14.5. The minimum absolute atomic E-state index is 0.219. The van der Waals surface area contributed by atoms with Crippen LogP contribution >= 0.6 is 0 Å². The van der Waals surface area contributed by atoms with Crippen LogP contribution in [-0.4, -0.2) is 21.6 Å². The van der Waals surface area contributed by atoms with Crippen molar-refractivity contribution < 1.29 is 22.5 Å². The molecule has 0 bridgehead atoms. The van der Waals surface area contributed by atoms with Crippen molar-refractivity contribution in [2.45, 2.75) is 44.3 Å². The maximum atomic E-state index is 12.5. The Morgan fingerprint density at radius 2 is 2.07 bits per heavy atom. The summed E-state index contributed by atoms with van der Waals surface area (Å²) in [6.45, 7) is 2.05. The highest BCUT2D eigenvalue weighted by Gasteiger charge is 2.39. The van der Waals surface area contributed by atoms with E-state index in [4.69, 9.17) is 0 Å². The van der Waals surface area contributed by atoms with Gasteiger partial charge in [0.25, 0.3) is 5.91 Å². The van der Waals surface area contributed by atoms with E-state index in [0.717, 1.165) is 12.8 Å². The van der Waals surface area contributed by atoms with Crippen LogP contribution in [0.15, 0.2) is 28.8 Å². The van der Waals surface area contributed by atoms with Crippen LogP contribution in [-0.2, 0) is 6.18 Å². The first-order valence-corrected chi connectivity index (χ1v) is 8.47. The second-order valence-corrected chi connectivity index (χ2v) is 6.85. The molecule has 1 aliphatic carbocycles. The first-order valence-electron chi connectivity index (χ1n) is 8.47. The van der Waals surface area contributed by atoms with Gasteiger partial charge in [-0.2, -0.15) is 23.4 Å². The fourth-order valence-corrected chi connectivity index (χ4v) is 3.31. The molecule has 2 aromatic rings. The van der Waals surface area contributed by atoms with Gasteiger partial charge in [0.1, 0.15) is 5.54 Å². The molecule has 0 aliphatic heterocycles. The molecule has 6 nitrogen and oxygen atoms in total. The fourth-order valence-electron chi connectivity index (χ4n) is 3.31. The Kier molecular flexibility index (Phi) is 4.91. The molecule has 0 radical (unpaired) electrons. The van der Waals surface area contributed by atoms with Crippen molar-refractivity contribution >= 4 is 5.91 Å². The molecule has 1 aromatic heterocycles. The third-order valence-corrected chi connectivity index (χ3v) is 4.64. The standard InChI is InChI=1S/C18H17F3N4O2/c1-11-3-2-8-17(9-11,10-22)24-15(26)13-6-4-12(5-7-13)14-23-16(27-25-14)18(19,20)21/h4-7,11H,2-3,8-9H2,1H3,(H,24,26)/t11-,17+/m0/s1. The third kappa shape index (κ3) is 4.10. The minimum Gasteiger partial charge on any atom is -0.334 e. The van der Waals surface area contributed by atoms with Gasteiger partial charge in [-0.3, -0.25) is 4.79 Å². The molecule has 2 atom stereocenters. The van der Waals surface area contributed by atoms with Gasteiger partial charge < -0.3 is 9.84 Å². The Morgan fingerprint density at radius 1 is 1.37 bits per heavy atom. The minimum atomic E-state index is -4.71. The molecule has 0 unspecified atom stereocenters. The van der Waals surface area contributed by atoms with Crippen molar-refractivity contribution in [3.8, 4) is 17.5 Å². The summed E-state index contributed by atoms with van der Waals surface area (Å²) in [4.78, 5) is 15.8. The zero-order valence-corrected chi connectivity index (χ0v) is 14.5. The average Bonchev–Trinajstić information content (AvgIpc) is 3.12. The average molecular weight is 378 g/mol. The topological polar surface area (TPSA) is 91.8 Å². The molecule has 1 N–H and O–H groups in total. The quantitative estimate of drug-likeness (QED) is 0.873. The number of rotatable bonds is 3. The fraction of sp³-hybridized carbons (Fsp3) is 0.444. The number of alkyl halides is 3. The molecule has 9 heteroatoms.